The number of para-hydroxylation sites is 1. The van der Waals surface area contributed by atoms with Crippen molar-refractivity contribution in [2.75, 3.05) is 38.7 Å². The fraction of sp³-hybridized carbons (Fsp3) is 0.290. The van der Waals surface area contributed by atoms with E-state index < -0.39 is 0 Å². The van der Waals surface area contributed by atoms with Crippen LogP contribution in [0.3, 0.4) is 0 Å². The fourth-order valence-corrected chi connectivity index (χ4v) is 5.61. The van der Waals surface area contributed by atoms with Crippen LogP contribution in [0.4, 0.5) is 10.6 Å². The number of fused-ring (bicyclic) bond motifs is 1. The number of aromatic nitrogens is 5. The van der Waals surface area contributed by atoms with Gasteiger partial charge in [0.2, 0.25) is 0 Å². The molecule has 2 N–H and O–H groups in total. The zero-order valence-electron chi connectivity index (χ0n) is 23.5. The number of nitrogens with one attached hydrogen (secondary N) is 2. The Bertz CT molecular complexity index is 1650. The van der Waals surface area contributed by atoms with Crippen LogP contribution >= 0.6 is 0 Å². The molecule has 0 bridgehead atoms. The third-order valence-electron chi connectivity index (χ3n) is 7.78. The van der Waals surface area contributed by atoms with E-state index in [1.54, 1.807) is 28.9 Å². The van der Waals surface area contributed by atoms with Gasteiger partial charge in [0.25, 0.3) is 0 Å². The van der Waals surface area contributed by atoms with Gasteiger partial charge >= 0.3 is 6.03 Å². The molecule has 1 saturated heterocycles. The Hall–Kier alpha value is -4.54. The molecule has 10 nitrogen and oxygen atoms in total. The number of ether oxygens (including phenoxy) is 1. The second-order valence-corrected chi connectivity index (χ2v) is 10.4. The molecule has 1 aliphatic rings. The van der Waals surface area contributed by atoms with Crippen LogP contribution in [0.2, 0.25) is 0 Å². The number of hydrogen-bond acceptors (Lipinski definition) is 6. The molecule has 210 valence electrons. The molecule has 0 saturated carbocycles. The summed E-state index contributed by atoms with van der Waals surface area (Å²) in [6, 6.07) is 21.9. The molecule has 6 rings (SSSR count). The highest BCUT2D eigenvalue weighted by Crippen LogP contribution is 2.32. The summed E-state index contributed by atoms with van der Waals surface area (Å²) in [5.74, 6) is 0.783. The van der Waals surface area contributed by atoms with Gasteiger partial charge in [-0.15, -0.1) is 0 Å². The molecule has 41 heavy (non-hydrogen) atoms. The first kappa shape index (κ1) is 26.7. The number of hydrogen-bond donors (Lipinski definition) is 2. The molecular weight excluding hydrogens is 516 g/mol. The van der Waals surface area contributed by atoms with Crippen LogP contribution in [-0.2, 0) is 11.8 Å². The standard InChI is InChI=1S/C31H34N8O2/c1-21-29(23-16-28-26(32-17-23)18-33-37(28)2)36-39(24-12-8-5-9-13-24)30(21)35-31(40)34-27-20-38(14-15-41-3)19-25(27)22-10-6-4-7-11-22/h4-13,16-18,25,27H,14-15,19-20H2,1-3H3,(H2,34,35,40)/t25-,27+/m0/s1. The number of anilines is 1. The Balaban J connectivity index is 1.30. The van der Waals surface area contributed by atoms with E-state index in [0.29, 0.717) is 12.4 Å². The minimum Gasteiger partial charge on any atom is -0.383 e. The molecule has 0 unspecified atom stereocenters. The first-order chi connectivity index (χ1) is 20.0. The molecule has 5 aromatic rings. The number of carbonyl (C=O) groups excluding carboxylic acids is 1. The monoisotopic (exact) mass is 550 g/mol. The van der Waals surface area contributed by atoms with Gasteiger partial charge in [-0.3, -0.25) is 19.9 Å². The van der Waals surface area contributed by atoms with Gasteiger partial charge in [-0.05, 0) is 30.7 Å². The Morgan fingerprint density at radius 2 is 1.80 bits per heavy atom. The summed E-state index contributed by atoms with van der Waals surface area (Å²) < 4.78 is 8.89. The third-order valence-corrected chi connectivity index (χ3v) is 7.78. The molecular formula is C31H34N8O2. The molecule has 2 aromatic carbocycles. The molecule has 2 amide bonds. The highest BCUT2D eigenvalue weighted by molar-refractivity contribution is 5.91. The van der Waals surface area contributed by atoms with Crippen molar-refractivity contribution in [2.45, 2.75) is 18.9 Å². The largest absolute Gasteiger partial charge is 0.383 e. The maximum Gasteiger partial charge on any atom is 0.320 e. The predicted molar refractivity (Wildman–Crippen MR) is 159 cm³/mol. The van der Waals surface area contributed by atoms with Crippen molar-refractivity contribution >= 4 is 22.9 Å². The van der Waals surface area contributed by atoms with Crippen molar-refractivity contribution in [1.82, 2.24) is 34.8 Å². The molecule has 1 aliphatic heterocycles. The summed E-state index contributed by atoms with van der Waals surface area (Å²) in [4.78, 5) is 20.5. The van der Waals surface area contributed by atoms with E-state index in [0.717, 1.165) is 53.2 Å². The number of aryl methyl sites for hydroxylation is 1. The van der Waals surface area contributed by atoms with E-state index in [9.17, 15) is 4.79 Å². The van der Waals surface area contributed by atoms with E-state index in [-0.39, 0.29) is 18.0 Å². The average molecular weight is 551 g/mol. The van der Waals surface area contributed by atoms with Crippen molar-refractivity contribution in [3.05, 3.63) is 90.3 Å². The molecule has 10 heteroatoms. The number of methoxy groups -OCH3 is 1. The maximum atomic E-state index is 13.6. The lowest BCUT2D eigenvalue weighted by molar-refractivity contribution is 0.159. The fourth-order valence-electron chi connectivity index (χ4n) is 5.61. The molecule has 2 atom stereocenters. The lowest BCUT2D eigenvalue weighted by Gasteiger charge is -2.21. The van der Waals surface area contributed by atoms with Crippen molar-refractivity contribution in [2.24, 2.45) is 7.05 Å². The van der Waals surface area contributed by atoms with E-state index in [4.69, 9.17) is 9.84 Å². The number of pyridine rings is 1. The van der Waals surface area contributed by atoms with Crippen LogP contribution in [0, 0.1) is 6.92 Å². The Morgan fingerprint density at radius 3 is 2.56 bits per heavy atom. The number of urea groups is 1. The van der Waals surface area contributed by atoms with Gasteiger partial charge < -0.3 is 10.1 Å². The Morgan fingerprint density at radius 1 is 1.05 bits per heavy atom. The van der Waals surface area contributed by atoms with Crippen molar-refractivity contribution in [3.8, 4) is 16.9 Å². The van der Waals surface area contributed by atoms with Crippen molar-refractivity contribution in [1.29, 1.82) is 0 Å². The number of amides is 2. The lowest BCUT2D eigenvalue weighted by Crippen LogP contribution is -2.42. The van der Waals surface area contributed by atoms with Crippen LogP contribution < -0.4 is 10.6 Å². The second-order valence-electron chi connectivity index (χ2n) is 10.4. The number of likely N-dealkylation sites (tertiary alicyclic amines) is 1. The summed E-state index contributed by atoms with van der Waals surface area (Å²) in [6.07, 6.45) is 3.55. The minimum atomic E-state index is -0.267. The van der Waals surface area contributed by atoms with Gasteiger partial charge in [-0.1, -0.05) is 48.5 Å². The minimum absolute atomic E-state index is 0.0569. The van der Waals surface area contributed by atoms with Crippen LogP contribution in [0.1, 0.15) is 17.0 Å². The number of rotatable bonds is 8. The van der Waals surface area contributed by atoms with Gasteiger partial charge in [0, 0.05) is 57.0 Å². The molecule has 0 spiro atoms. The van der Waals surface area contributed by atoms with Crippen molar-refractivity contribution in [3.63, 3.8) is 0 Å². The van der Waals surface area contributed by atoms with E-state index >= 15 is 0 Å². The van der Waals surface area contributed by atoms with E-state index in [2.05, 4.69) is 37.7 Å². The summed E-state index contributed by atoms with van der Waals surface area (Å²) in [6.45, 7) is 5.04. The zero-order valence-corrected chi connectivity index (χ0v) is 23.5. The summed E-state index contributed by atoms with van der Waals surface area (Å²) in [5.41, 5.74) is 6.23. The molecule has 4 heterocycles. The topological polar surface area (TPSA) is 102 Å². The molecule has 0 aliphatic carbocycles. The Labute approximate surface area is 238 Å². The average Bonchev–Trinajstić information content (AvgIpc) is 3.68. The first-order valence-electron chi connectivity index (χ1n) is 13.8. The van der Waals surface area contributed by atoms with Gasteiger partial charge in [0.1, 0.15) is 11.3 Å². The lowest BCUT2D eigenvalue weighted by atomic mass is 9.94. The highest BCUT2D eigenvalue weighted by Gasteiger charge is 2.35. The summed E-state index contributed by atoms with van der Waals surface area (Å²) >= 11 is 0. The van der Waals surface area contributed by atoms with Gasteiger partial charge in [0.15, 0.2) is 0 Å². The number of nitrogens with zero attached hydrogens (tertiary/aromatic N) is 6. The second kappa shape index (κ2) is 11.5. The molecule has 1 fully saturated rings. The van der Waals surface area contributed by atoms with E-state index in [1.807, 2.05) is 68.6 Å². The van der Waals surface area contributed by atoms with Gasteiger partial charge in [-0.25, -0.2) is 9.48 Å². The van der Waals surface area contributed by atoms with E-state index in [1.165, 1.54) is 5.56 Å². The van der Waals surface area contributed by atoms with Crippen LogP contribution in [0.25, 0.3) is 28.0 Å². The smallest absolute Gasteiger partial charge is 0.320 e. The predicted octanol–water partition coefficient (Wildman–Crippen LogP) is 4.37. The van der Waals surface area contributed by atoms with Gasteiger partial charge in [0.05, 0.1) is 35.7 Å². The normalized spacial score (nSPS) is 17.2. The number of benzene rings is 2. The zero-order chi connectivity index (χ0) is 28.3. The maximum absolute atomic E-state index is 13.6. The van der Waals surface area contributed by atoms with Crippen LogP contribution in [0.5, 0.6) is 0 Å². The Kier molecular flexibility index (Phi) is 7.49. The van der Waals surface area contributed by atoms with Crippen LogP contribution in [0.15, 0.2) is 79.1 Å². The molecule has 0 radical (unpaired) electrons. The van der Waals surface area contributed by atoms with Gasteiger partial charge in [-0.2, -0.15) is 10.2 Å². The molecule has 3 aromatic heterocycles. The highest BCUT2D eigenvalue weighted by atomic mass is 16.5. The van der Waals surface area contributed by atoms with Crippen molar-refractivity contribution < 1.29 is 9.53 Å². The third kappa shape index (κ3) is 5.44. The quantitative estimate of drug-likeness (QED) is 0.298. The first-order valence-corrected chi connectivity index (χ1v) is 13.8. The number of carbonyl (C=O) groups is 1. The summed E-state index contributed by atoms with van der Waals surface area (Å²) in [5, 5.41) is 15.7. The summed E-state index contributed by atoms with van der Waals surface area (Å²) in [7, 11) is 3.61. The van der Waals surface area contributed by atoms with Crippen LogP contribution in [-0.4, -0.2) is 74.9 Å². The SMILES string of the molecule is COCCN1C[C@@H](NC(=O)Nc2c(C)c(-c3cnc4cnn(C)c4c3)nn2-c2ccccc2)[C@H](c2ccccc2)C1.